The summed E-state index contributed by atoms with van der Waals surface area (Å²) in [6.07, 6.45) is -0.285. The Bertz CT molecular complexity index is 389. The number of rotatable bonds is 5. The number of carbonyl (C=O) groups is 1. The summed E-state index contributed by atoms with van der Waals surface area (Å²) in [4.78, 5) is 18.3. The first-order valence-corrected chi connectivity index (χ1v) is 8.08. The molecule has 1 rings (SSSR count). The molecule has 0 aliphatic carbocycles. The zero-order valence-corrected chi connectivity index (χ0v) is 14.8. The SMILES string of the molecule is CCOCC(NC1=NCCN(C(=O)OC(C)(C)C)C1)C(C)C. The van der Waals surface area contributed by atoms with Gasteiger partial charge >= 0.3 is 6.09 Å². The predicted octanol–water partition coefficient (Wildman–Crippen LogP) is 2.29. The van der Waals surface area contributed by atoms with Crippen LogP contribution in [0, 0.1) is 5.92 Å². The van der Waals surface area contributed by atoms with Crippen LogP contribution < -0.4 is 5.32 Å². The molecule has 6 heteroatoms. The fourth-order valence-electron chi connectivity index (χ4n) is 2.05. The number of amidine groups is 1. The lowest BCUT2D eigenvalue weighted by molar-refractivity contribution is 0.0275. The summed E-state index contributed by atoms with van der Waals surface area (Å²) in [6, 6.07) is 0.192. The second-order valence-corrected chi connectivity index (χ2v) is 6.88. The number of nitrogens with zero attached hydrogens (tertiary/aromatic N) is 2. The van der Waals surface area contributed by atoms with Crippen LogP contribution in [0.5, 0.6) is 0 Å². The molecular formula is C16H31N3O3. The molecule has 0 saturated carbocycles. The first-order valence-electron chi connectivity index (χ1n) is 8.08. The Balaban J connectivity index is 2.58. The number of aliphatic imine (C=N–C) groups is 1. The Labute approximate surface area is 134 Å². The van der Waals surface area contributed by atoms with Crippen LogP contribution in [-0.2, 0) is 9.47 Å². The molecule has 0 aromatic rings. The summed E-state index contributed by atoms with van der Waals surface area (Å²) in [5.74, 6) is 1.25. The van der Waals surface area contributed by atoms with E-state index in [1.54, 1.807) is 4.90 Å². The van der Waals surface area contributed by atoms with Gasteiger partial charge in [0.05, 0.1) is 25.7 Å². The van der Waals surface area contributed by atoms with Gasteiger partial charge in [-0.1, -0.05) is 13.8 Å². The van der Waals surface area contributed by atoms with Gasteiger partial charge in [-0.05, 0) is 33.6 Å². The van der Waals surface area contributed by atoms with Crippen LogP contribution in [0.3, 0.4) is 0 Å². The molecule has 22 heavy (non-hydrogen) atoms. The van der Waals surface area contributed by atoms with E-state index in [-0.39, 0.29) is 12.1 Å². The minimum atomic E-state index is -0.477. The highest BCUT2D eigenvalue weighted by Crippen LogP contribution is 2.11. The molecule has 1 aliphatic heterocycles. The fraction of sp³-hybridized carbons (Fsp3) is 0.875. The first kappa shape index (κ1) is 18.7. The van der Waals surface area contributed by atoms with E-state index < -0.39 is 5.60 Å². The van der Waals surface area contributed by atoms with Crippen molar-refractivity contribution in [1.29, 1.82) is 0 Å². The van der Waals surface area contributed by atoms with Gasteiger partial charge in [-0.2, -0.15) is 0 Å². The molecule has 0 radical (unpaired) electrons. The molecule has 0 bridgehead atoms. The average molecular weight is 313 g/mol. The van der Waals surface area contributed by atoms with Crippen molar-refractivity contribution in [2.45, 2.75) is 53.2 Å². The van der Waals surface area contributed by atoms with E-state index in [1.165, 1.54) is 0 Å². The smallest absolute Gasteiger partial charge is 0.410 e. The number of nitrogens with one attached hydrogen (secondary N) is 1. The predicted molar refractivity (Wildman–Crippen MR) is 88.4 cm³/mol. The molecule has 6 nitrogen and oxygen atoms in total. The lowest BCUT2D eigenvalue weighted by Gasteiger charge is -2.32. The van der Waals surface area contributed by atoms with Gasteiger partial charge in [-0.25, -0.2) is 4.79 Å². The van der Waals surface area contributed by atoms with E-state index in [1.807, 2.05) is 27.7 Å². The van der Waals surface area contributed by atoms with Gasteiger partial charge < -0.3 is 14.8 Å². The zero-order valence-electron chi connectivity index (χ0n) is 14.8. The van der Waals surface area contributed by atoms with Crippen molar-refractivity contribution in [3.05, 3.63) is 0 Å². The van der Waals surface area contributed by atoms with E-state index >= 15 is 0 Å². The van der Waals surface area contributed by atoms with Gasteiger partial charge in [-0.15, -0.1) is 0 Å². The quantitative estimate of drug-likeness (QED) is 0.846. The molecule has 0 saturated heterocycles. The number of carbonyl (C=O) groups excluding carboxylic acids is 1. The molecule has 0 aromatic heterocycles. The number of ether oxygens (including phenoxy) is 2. The maximum absolute atomic E-state index is 12.1. The monoisotopic (exact) mass is 313 g/mol. The van der Waals surface area contributed by atoms with Gasteiger partial charge in [0.2, 0.25) is 0 Å². The van der Waals surface area contributed by atoms with Gasteiger partial charge in [0.1, 0.15) is 11.4 Å². The van der Waals surface area contributed by atoms with Crippen molar-refractivity contribution in [3.63, 3.8) is 0 Å². The highest BCUT2D eigenvalue weighted by Gasteiger charge is 2.26. The molecule has 0 aromatic carbocycles. The summed E-state index contributed by atoms with van der Waals surface area (Å²) >= 11 is 0. The van der Waals surface area contributed by atoms with Gasteiger partial charge in [0.25, 0.3) is 0 Å². The standard InChI is InChI=1S/C16H31N3O3/c1-7-21-11-13(12(2)3)18-14-10-19(9-8-17-14)15(20)22-16(4,5)6/h12-13H,7-11H2,1-6H3,(H,17,18). The Hall–Kier alpha value is -1.30. The normalized spacial score (nSPS) is 17.2. The van der Waals surface area contributed by atoms with Gasteiger partial charge in [0.15, 0.2) is 0 Å². The molecule has 1 atom stereocenters. The third-order valence-electron chi connectivity index (χ3n) is 3.32. The van der Waals surface area contributed by atoms with Gasteiger partial charge in [0, 0.05) is 13.2 Å². The second kappa shape index (κ2) is 8.36. The number of hydrogen-bond acceptors (Lipinski definition) is 5. The summed E-state index contributed by atoms with van der Waals surface area (Å²) in [5.41, 5.74) is -0.477. The molecule has 0 fully saturated rings. The highest BCUT2D eigenvalue weighted by atomic mass is 16.6. The minimum Gasteiger partial charge on any atom is -0.444 e. The molecule has 1 N–H and O–H groups in total. The van der Waals surface area contributed by atoms with Crippen LogP contribution in [0.4, 0.5) is 4.79 Å². The molecule has 1 heterocycles. The van der Waals surface area contributed by atoms with E-state index in [4.69, 9.17) is 9.47 Å². The van der Waals surface area contributed by atoms with E-state index in [0.29, 0.717) is 38.8 Å². The van der Waals surface area contributed by atoms with Gasteiger partial charge in [-0.3, -0.25) is 9.89 Å². The number of amides is 1. The fourth-order valence-corrected chi connectivity index (χ4v) is 2.05. The van der Waals surface area contributed by atoms with Crippen molar-refractivity contribution in [3.8, 4) is 0 Å². The lowest BCUT2D eigenvalue weighted by Crippen LogP contribution is -2.51. The molecule has 1 unspecified atom stereocenters. The average Bonchev–Trinajstić information content (AvgIpc) is 2.41. The van der Waals surface area contributed by atoms with E-state index in [9.17, 15) is 4.79 Å². The van der Waals surface area contributed by atoms with Crippen LogP contribution in [-0.4, -0.2) is 61.3 Å². The minimum absolute atomic E-state index is 0.192. The summed E-state index contributed by atoms with van der Waals surface area (Å²) < 4.78 is 10.9. The van der Waals surface area contributed by atoms with Crippen molar-refractivity contribution < 1.29 is 14.3 Å². The van der Waals surface area contributed by atoms with Crippen LogP contribution in [0.15, 0.2) is 4.99 Å². The van der Waals surface area contributed by atoms with E-state index in [2.05, 4.69) is 24.2 Å². The lowest BCUT2D eigenvalue weighted by atomic mass is 10.1. The molecule has 1 aliphatic rings. The van der Waals surface area contributed by atoms with Crippen LogP contribution in [0.1, 0.15) is 41.5 Å². The summed E-state index contributed by atoms with van der Waals surface area (Å²) in [7, 11) is 0. The van der Waals surface area contributed by atoms with Crippen LogP contribution >= 0.6 is 0 Å². The van der Waals surface area contributed by atoms with E-state index in [0.717, 1.165) is 5.84 Å². The topological polar surface area (TPSA) is 63.2 Å². The second-order valence-electron chi connectivity index (χ2n) is 6.88. The molecule has 1 amide bonds. The van der Waals surface area contributed by atoms with Crippen molar-refractivity contribution in [2.24, 2.45) is 10.9 Å². The Kier molecular flexibility index (Phi) is 7.13. The third-order valence-corrected chi connectivity index (χ3v) is 3.32. The molecular weight excluding hydrogens is 282 g/mol. The largest absolute Gasteiger partial charge is 0.444 e. The Morgan fingerprint density at radius 3 is 2.64 bits per heavy atom. The summed E-state index contributed by atoms with van der Waals surface area (Å²) in [6.45, 7) is 14.9. The van der Waals surface area contributed by atoms with Crippen molar-refractivity contribution >= 4 is 11.9 Å². The zero-order chi connectivity index (χ0) is 16.8. The van der Waals surface area contributed by atoms with Crippen LogP contribution in [0.25, 0.3) is 0 Å². The van der Waals surface area contributed by atoms with Crippen molar-refractivity contribution in [2.75, 3.05) is 32.8 Å². The van der Waals surface area contributed by atoms with Crippen LogP contribution in [0.2, 0.25) is 0 Å². The molecule has 0 spiro atoms. The highest BCUT2D eigenvalue weighted by molar-refractivity contribution is 5.88. The first-order chi connectivity index (χ1) is 10.2. The number of hydrogen-bond donors (Lipinski definition) is 1. The van der Waals surface area contributed by atoms with Crippen molar-refractivity contribution in [1.82, 2.24) is 10.2 Å². The maximum atomic E-state index is 12.1. The Morgan fingerprint density at radius 2 is 2.09 bits per heavy atom. The molecule has 128 valence electrons. The third kappa shape index (κ3) is 6.64. The maximum Gasteiger partial charge on any atom is 0.410 e. The summed E-state index contributed by atoms with van der Waals surface area (Å²) in [5, 5.41) is 3.41. The Morgan fingerprint density at radius 1 is 1.41 bits per heavy atom.